The van der Waals surface area contributed by atoms with Crippen LogP contribution in [0.15, 0.2) is 57.8 Å². The smallest absolute Gasteiger partial charge is 0.308 e. The van der Waals surface area contributed by atoms with Crippen molar-refractivity contribution >= 4 is 45.1 Å². The maximum atomic E-state index is 12.7. The average Bonchev–Trinajstić information content (AvgIpc) is 2.60. The van der Waals surface area contributed by atoms with Gasteiger partial charge in [0.25, 0.3) is 5.56 Å². The zero-order chi connectivity index (χ0) is 19.6. The van der Waals surface area contributed by atoms with Gasteiger partial charge in [-0.3, -0.25) is 9.59 Å². The van der Waals surface area contributed by atoms with Crippen molar-refractivity contribution in [2.75, 3.05) is 0 Å². The zero-order valence-electron chi connectivity index (χ0n) is 13.8. The number of halogens is 3. The second-order valence-corrected chi connectivity index (χ2v) is 7.59. The molecule has 1 N–H and O–H groups in total. The number of nitrogens with zero attached hydrogens (tertiary/aromatic N) is 2. The van der Waals surface area contributed by atoms with Gasteiger partial charge in [-0.15, -0.1) is 0 Å². The molecule has 0 saturated carbocycles. The van der Waals surface area contributed by atoms with Gasteiger partial charge in [-0.1, -0.05) is 57.3 Å². The molecule has 0 aliphatic rings. The molecule has 138 valence electrons. The van der Waals surface area contributed by atoms with E-state index in [1.54, 1.807) is 18.2 Å². The van der Waals surface area contributed by atoms with Crippen molar-refractivity contribution in [3.63, 3.8) is 0 Å². The van der Waals surface area contributed by atoms with Crippen LogP contribution in [0.5, 0.6) is 0 Å². The number of carboxylic acids is 1. The molecule has 8 heteroatoms. The topological polar surface area (TPSA) is 72.2 Å². The molecule has 0 saturated heterocycles. The zero-order valence-corrected chi connectivity index (χ0v) is 16.9. The lowest BCUT2D eigenvalue weighted by atomic mass is 10.1. The van der Waals surface area contributed by atoms with Gasteiger partial charge in [0.15, 0.2) is 0 Å². The third kappa shape index (κ3) is 4.77. The van der Waals surface area contributed by atoms with E-state index in [1.807, 2.05) is 24.3 Å². The number of aliphatic carboxylic acids is 1. The summed E-state index contributed by atoms with van der Waals surface area (Å²) >= 11 is 15.5. The highest BCUT2D eigenvalue weighted by atomic mass is 79.9. The molecule has 0 aliphatic heterocycles. The van der Waals surface area contributed by atoms with E-state index in [4.69, 9.17) is 28.3 Å². The lowest BCUT2D eigenvalue weighted by molar-refractivity contribution is -0.136. The summed E-state index contributed by atoms with van der Waals surface area (Å²) in [7, 11) is 0. The summed E-state index contributed by atoms with van der Waals surface area (Å²) < 4.78 is 2.13. The molecule has 3 aromatic rings. The first-order valence-corrected chi connectivity index (χ1v) is 9.41. The molecule has 0 aliphatic carbocycles. The second-order valence-electron chi connectivity index (χ2n) is 5.83. The van der Waals surface area contributed by atoms with Crippen molar-refractivity contribution in [2.24, 2.45) is 0 Å². The number of aromatic nitrogens is 2. The summed E-state index contributed by atoms with van der Waals surface area (Å²) in [5.74, 6) is -1.09. The molecule has 0 radical (unpaired) electrons. The van der Waals surface area contributed by atoms with E-state index in [1.165, 1.54) is 10.7 Å². The molecular weight excluding hydrogens is 455 g/mol. The van der Waals surface area contributed by atoms with Crippen LogP contribution in [0, 0.1) is 0 Å². The first-order chi connectivity index (χ1) is 12.8. The minimum absolute atomic E-state index is 0.103. The van der Waals surface area contributed by atoms with Crippen molar-refractivity contribution in [3.05, 3.63) is 84.5 Å². The van der Waals surface area contributed by atoms with E-state index >= 15 is 0 Å². The number of hydrogen-bond donors (Lipinski definition) is 1. The highest BCUT2D eigenvalue weighted by Gasteiger charge is 2.14. The molecule has 0 unspecified atom stereocenters. The molecule has 0 fully saturated rings. The monoisotopic (exact) mass is 466 g/mol. The first kappa shape index (κ1) is 19.6. The summed E-state index contributed by atoms with van der Waals surface area (Å²) in [5, 5.41) is 14.4. The Balaban J connectivity index is 2.10. The summed E-state index contributed by atoms with van der Waals surface area (Å²) in [5.41, 5.74) is 1.61. The van der Waals surface area contributed by atoms with Crippen LogP contribution < -0.4 is 5.56 Å². The normalized spacial score (nSPS) is 10.8. The molecule has 3 rings (SSSR count). The van der Waals surface area contributed by atoms with Crippen LogP contribution in [0.1, 0.15) is 11.1 Å². The first-order valence-electron chi connectivity index (χ1n) is 7.86. The van der Waals surface area contributed by atoms with Crippen LogP contribution in [0.25, 0.3) is 11.3 Å². The fourth-order valence-electron chi connectivity index (χ4n) is 2.57. The molecule has 0 atom stereocenters. The van der Waals surface area contributed by atoms with E-state index < -0.39 is 11.5 Å². The second kappa shape index (κ2) is 8.25. The Labute approximate surface area is 173 Å². The van der Waals surface area contributed by atoms with Crippen molar-refractivity contribution in [1.82, 2.24) is 9.78 Å². The van der Waals surface area contributed by atoms with Crippen LogP contribution in [0.3, 0.4) is 0 Å². The van der Waals surface area contributed by atoms with E-state index in [0.29, 0.717) is 21.3 Å². The summed E-state index contributed by atoms with van der Waals surface area (Å²) in [4.78, 5) is 23.8. The average molecular weight is 468 g/mol. The fourth-order valence-corrected chi connectivity index (χ4v) is 3.30. The molecule has 0 bridgehead atoms. The lowest BCUT2D eigenvalue weighted by Crippen LogP contribution is -2.28. The predicted octanol–water partition coefficient (Wildman–Crippen LogP) is 4.66. The number of benzene rings is 2. The van der Waals surface area contributed by atoms with Crippen molar-refractivity contribution in [1.29, 1.82) is 0 Å². The van der Waals surface area contributed by atoms with Crippen LogP contribution >= 0.6 is 39.1 Å². The molecule has 1 aromatic heterocycles. The van der Waals surface area contributed by atoms with Crippen LogP contribution in [0.4, 0.5) is 0 Å². The third-order valence-corrected chi connectivity index (χ3v) is 4.98. The molecule has 1 heterocycles. The maximum Gasteiger partial charge on any atom is 0.308 e. The van der Waals surface area contributed by atoms with Gasteiger partial charge in [-0.25, -0.2) is 4.68 Å². The predicted molar refractivity (Wildman–Crippen MR) is 109 cm³/mol. The Morgan fingerprint density at radius 2 is 1.78 bits per heavy atom. The third-order valence-electron chi connectivity index (χ3n) is 3.87. The number of hydrogen-bond acceptors (Lipinski definition) is 3. The van der Waals surface area contributed by atoms with Gasteiger partial charge in [0, 0.05) is 25.6 Å². The van der Waals surface area contributed by atoms with E-state index in [-0.39, 0.29) is 18.5 Å². The van der Waals surface area contributed by atoms with E-state index in [2.05, 4.69) is 21.0 Å². The fraction of sp³-hybridized carbons (Fsp3) is 0.105. The molecule has 0 spiro atoms. The number of carbonyl (C=O) groups is 1. The molecule has 27 heavy (non-hydrogen) atoms. The Morgan fingerprint density at radius 1 is 1.07 bits per heavy atom. The molecule has 0 amide bonds. The summed E-state index contributed by atoms with van der Waals surface area (Å²) in [6, 6.07) is 13.8. The summed E-state index contributed by atoms with van der Waals surface area (Å²) in [6.07, 6.45) is -0.390. The highest BCUT2D eigenvalue weighted by Crippen LogP contribution is 2.23. The highest BCUT2D eigenvalue weighted by molar-refractivity contribution is 9.10. The van der Waals surface area contributed by atoms with E-state index in [0.717, 1.165) is 10.0 Å². The van der Waals surface area contributed by atoms with Gasteiger partial charge in [0.2, 0.25) is 0 Å². The summed E-state index contributed by atoms with van der Waals surface area (Å²) in [6.45, 7) is 0.103. The minimum atomic E-state index is -1.09. The van der Waals surface area contributed by atoms with Gasteiger partial charge in [0.1, 0.15) is 0 Å². The Bertz CT molecular complexity index is 1070. The van der Waals surface area contributed by atoms with Gasteiger partial charge in [-0.2, -0.15) is 5.10 Å². The largest absolute Gasteiger partial charge is 0.481 e. The molecule has 2 aromatic carbocycles. The Kier molecular flexibility index (Phi) is 5.99. The Morgan fingerprint density at radius 3 is 2.41 bits per heavy atom. The van der Waals surface area contributed by atoms with Crippen LogP contribution in [0.2, 0.25) is 10.0 Å². The van der Waals surface area contributed by atoms with Crippen LogP contribution in [-0.4, -0.2) is 20.9 Å². The van der Waals surface area contributed by atoms with Gasteiger partial charge in [-0.05, 0) is 35.9 Å². The van der Waals surface area contributed by atoms with E-state index in [9.17, 15) is 9.59 Å². The SMILES string of the molecule is O=C(O)Cc1cc(-c2ccc(Br)cc2)nn(Cc2ccc(Cl)cc2Cl)c1=O. The quantitative estimate of drug-likeness (QED) is 0.592. The number of rotatable bonds is 5. The minimum Gasteiger partial charge on any atom is -0.481 e. The van der Waals surface area contributed by atoms with Crippen LogP contribution in [-0.2, 0) is 17.8 Å². The Hall–Kier alpha value is -2.15. The van der Waals surface area contributed by atoms with Gasteiger partial charge >= 0.3 is 5.97 Å². The van der Waals surface area contributed by atoms with Gasteiger partial charge in [0.05, 0.1) is 18.7 Å². The standard InChI is InChI=1S/C19H13BrCl2N2O3/c20-14-4-1-11(2-5-14)17-7-13(8-18(25)26)19(27)24(23-17)10-12-3-6-15(21)9-16(12)22/h1-7,9H,8,10H2,(H,25,26). The van der Waals surface area contributed by atoms with Crippen molar-refractivity contribution < 1.29 is 9.90 Å². The maximum absolute atomic E-state index is 12.7. The van der Waals surface area contributed by atoms with Crippen molar-refractivity contribution in [2.45, 2.75) is 13.0 Å². The molecular formula is C19H13BrCl2N2O3. The molecule has 5 nitrogen and oxygen atoms in total. The number of carboxylic acid groups (broad SMARTS) is 1. The van der Waals surface area contributed by atoms with Gasteiger partial charge < -0.3 is 5.11 Å². The van der Waals surface area contributed by atoms with Crippen molar-refractivity contribution in [3.8, 4) is 11.3 Å². The lowest BCUT2D eigenvalue weighted by Gasteiger charge is -2.11.